The second-order valence-corrected chi connectivity index (χ2v) is 11.9. The summed E-state index contributed by atoms with van der Waals surface area (Å²) in [5.41, 5.74) is 3.86. The average molecular weight is 597 g/mol. The first-order valence-electron chi connectivity index (χ1n) is 13.9. The number of ether oxygens (including phenoxy) is 1. The van der Waals surface area contributed by atoms with Crippen molar-refractivity contribution in [3.05, 3.63) is 118 Å². The number of hydrogen-bond donors (Lipinski definition) is 0. The zero-order valence-corrected chi connectivity index (χ0v) is 25.1. The molecule has 2 aromatic heterocycles. The number of para-hydroxylation sites is 2. The predicted molar refractivity (Wildman–Crippen MR) is 166 cm³/mol. The van der Waals surface area contributed by atoms with Crippen LogP contribution in [0.2, 0.25) is 0 Å². The van der Waals surface area contributed by atoms with Crippen molar-refractivity contribution in [1.29, 1.82) is 0 Å². The molecule has 3 aromatic carbocycles. The van der Waals surface area contributed by atoms with Gasteiger partial charge in [0, 0.05) is 44.5 Å². The van der Waals surface area contributed by atoms with Gasteiger partial charge in [0.25, 0.3) is 5.91 Å². The quantitative estimate of drug-likeness (QED) is 0.195. The molecule has 1 saturated heterocycles. The van der Waals surface area contributed by atoms with Crippen molar-refractivity contribution < 1.29 is 9.53 Å². The molecule has 3 heterocycles. The van der Waals surface area contributed by atoms with E-state index in [1.165, 1.54) is 16.9 Å². The van der Waals surface area contributed by atoms with Crippen LogP contribution in [-0.4, -0.2) is 68.7 Å². The summed E-state index contributed by atoms with van der Waals surface area (Å²) in [5, 5.41) is 12.6. The van der Waals surface area contributed by atoms with E-state index in [-0.39, 0.29) is 5.91 Å². The largest absolute Gasteiger partial charge is 0.495 e. The maximum absolute atomic E-state index is 13.2. The fourth-order valence-electron chi connectivity index (χ4n) is 5.06. The van der Waals surface area contributed by atoms with E-state index < -0.39 is 0 Å². The number of benzene rings is 3. The van der Waals surface area contributed by atoms with Crippen LogP contribution in [0.5, 0.6) is 5.75 Å². The lowest BCUT2D eigenvalue weighted by molar-refractivity contribution is 0.0623. The third-order valence-corrected chi connectivity index (χ3v) is 9.21. The predicted octanol–water partition coefficient (Wildman–Crippen LogP) is 5.57. The molecule has 0 radical (unpaired) electrons. The molecule has 0 aliphatic carbocycles. The lowest BCUT2D eigenvalue weighted by Gasteiger charge is -2.34. The number of carbonyl (C=O) groups is 1. The molecule has 0 spiro atoms. The summed E-state index contributed by atoms with van der Waals surface area (Å²) in [6.07, 6.45) is 0.640. The highest BCUT2D eigenvalue weighted by molar-refractivity contribution is 7.98. The molecule has 1 amide bonds. The van der Waals surface area contributed by atoms with Crippen molar-refractivity contribution in [1.82, 2.24) is 29.5 Å². The van der Waals surface area contributed by atoms with Crippen LogP contribution in [0.4, 0.5) is 0 Å². The summed E-state index contributed by atoms with van der Waals surface area (Å²) in [5.74, 6) is 2.17. The van der Waals surface area contributed by atoms with Crippen molar-refractivity contribution in [2.75, 3.05) is 33.3 Å². The van der Waals surface area contributed by atoms with Gasteiger partial charge in [-0.2, -0.15) is 0 Å². The van der Waals surface area contributed by atoms with Crippen molar-refractivity contribution in [2.24, 2.45) is 0 Å². The Hall–Kier alpha value is -3.99. The van der Waals surface area contributed by atoms with Gasteiger partial charge in [0.05, 0.1) is 18.6 Å². The van der Waals surface area contributed by atoms with Crippen LogP contribution in [0.1, 0.15) is 32.4 Å². The molecule has 0 atom stereocenters. The lowest BCUT2D eigenvalue weighted by Crippen LogP contribution is -2.48. The number of thioether (sulfide) groups is 1. The monoisotopic (exact) mass is 596 g/mol. The van der Waals surface area contributed by atoms with Gasteiger partial charge in [0.1, 0.15) is 22.3 Å². The van der Waals surface area contributed by atoms with Gasteiger partial charge in [-0.1, -0.05) is 84.6 Å². The molecule has 214 valence electrons. The summed E-state index contributed by atoms with van der Waals surface area (Å²) in [4.78, 5) is 22.3. The van der Waals surface area contributed by atoms with Crippen LogP contribution in [0, 0.1) is 0 Å². The number of thiazole rings is 1. The average Bonchev–Trinajstić information content (AvgIpc) is 3.68. The van der Waals surface area contributed by atoms with Gasteiger partial charge in [-0.05, 0) is 23.3 Å². The summed E-state index contributed by atoms with van der Waals surface area (Å²) in [7, 11) is 1.67. The van der Waals surface area contributed by atoms with Crippen LogP contribution in [0.25, 0.3) is 5.69 Å². The normalized spacial score (nSPS) is 13.8. The third kappa shape index (κ3) is 6.56. The van der Waals surface area contributed by atoms with E-state index in [9.17, 15) is 4.79 Å². The first-order valence-corrected chi connectivity index (χ1v) is 15.8. The van der Waals surface area contributed by atoms with Crippen molar-refractivity contribution in [2.45, 2.75) is 23.9 Å². The van der Waals surface area contributed by atoms with E-state index in [2.05, 4.69) is 56.1 Å². The van der Waals surface area contributed by atoms with E-state index in [0.29, 0.717) is 31.0 Å². The molecule has 0 saturated carbocycles. The highest BCUT2D eigenvalue weighted by atomic mass is 32.2. The summed E-state index contributed by atoms with van der Waals surface area (Å²) in [6.45, 7) is 4.04. The number of aromatic nitrogens is 4. The minimum absolute atomic E-state index is 0.00389. The Morgan fingerprint density at radius 2 is 1.57 bits per heavy atom. The highest BCUT2D eigenvalue weighted by Crippen LogP contribution is 2.31. The molecule has 0 unspecified atom stereocenters. The van der Waals surface area contributed by atoms with Gasteiger partial charge < -0.3 is 9.64 Å². The Bertz CT molecular complexity index is 1610. The minimum atomic E-state index is 0.00389. The number of amides is 1. The van der Waals surface area contributed by atoms with E-state index in [0.717, 1.165) is 52.6 Å². The molecular formula is C32H32N6O2S2. The molecule has 0 N–H and O–H groups in total. The van der Waals surface area contributed by atoms with Crippen molar-refractivity contribution in [3.63, 3.8) is 0 Å². The molecule has 42 heavy (non-hydrogen) atoms. The second-order valence-electron chi connectivity index (χ2n) is 10.0. The Kier molecular flexibility index (Phi) is 8.93. The lowest BCUT2D eigenvalue weighted by atomic mass is 10.1. The van der Waals surface area contributed by atoms with Gasteiger partial charge >= 0.3 is 0 Å². The standard InChI is InChI=1S/C32H32N6O2S2/c1-40-28-15-9-8-14-27(28)38-29(20-24-10-4-2-5-11-24)34-35-32(38)42-23-30-33-26(22-41-30)31(39)37-18-16-36(17-19-37)21-25-12-6-3-7-13-25/h2-15,22H,16-21,23H2,1H3. The van der Waals surface area contributed by atoms with Gasteiger partial charge in [-0.3, -0.25) is 14.3 Å². The molecule has 6 rings (SSSR count). The number of nitrogens with zero attached hydrogens (tertiary/aromatic N) is 6. The molecule has 5 aromatic rings. The van der Waals surface area contributed by atoms with Gasteiger partial charge in [-0.25, -0.2) is 4.98 Å². The van der Waals surface area contributed by atoms with E-state index in [1.54, 1.807) is 18.9 Å². The van der Waals surface area contributed by atoms with Gasteiger partial charge in [0.2, 0.25) is 0 Å². The van der Waals surface area contributed by atoms with Crippen molar-refractivity contribution >= 4 is 29.0 Å². The molecule has 10 heteroatoms. The number of carbonyl (C=O) groups excluding carboxylic acids is 1. The van der Waals surface area contributed by atoms with Crippen LogP contribution < -0.4 is 4.74 Å². The number of rotatable bonds is 10. The van der Waals surface area contributed by atoms with Crippen LogP contribution in [0.15, 0.2) is 95.5 Å². The van der Waals surface area contributed by atoms with Crippen LogP contribution >= 0.6 is 23.1 Å². The number of piperazine rings is 1. The zero-order valence-electron chi connectivity index (χ0n) is 23.4. The van der Waals surface area contributed by atoms with Gasteiger partial charge in [-0.15, -0.1) is 21.5 Å². The van der Waals surface area contributed by atoms with E-state index in [4.69, 9.17) is 9.72 Å². The highest BCUT2D eigenvalue weighted by Gasteiger charge is 2.24. The van der Waals surface area contributed by atoms with Crippen molar-refractivity contribution in [3.8, 4) is 11.4 Å². The summed E-state index contributed by atoms with van der Waals surface area (Å²) < 4.78 is 7.74. The maximum atomic E-state index is 13.2. The second kappa shape index (κ2) is 13.3. The third-order valence-electron chi connectivity index (χ3n) is 7.24. The Morgan fingerprint density at radius 1 is 0.881 bits per heavy atom. The zero-order chi connectivity index (χ0) is 28.7. The Balaban J connectivity index is 1.12. The number of methoxy groups -OCH3 is 1. The SMILES string of the molecule is COc1ccccc1-n1c(Cc2ccccc2)nnc1SCc1nc(C(=O)N2CCN(Cc3ccccc3)CC2)cs1. The molecule has 1 aliphatic rings. The van der Waals surface area contributed by atoms with Gasteiger partial charge in [0.15, 0.2) is 5.16 Å². The summed E-state index contributed by atoms with van der Waals surface area (Å²) >= 11 is 3.07. The minimum Gasteiger partial charge on any atom is -0.495 e. The maximum Gasteiger partial charge on any atom is 0.273 e. The molecule has 1 aliphatic heterocycles. The fraction of sp³-hybridized carbons (Fsp3) is 0.250. The van der Waals surface area contributed by atoms with E-state index >= 15 is 0 Å². The molecule has 1 fully saturated rings. The van der Waals surface area contributed by atoms with Crippen LogP contribution in [0.3, 0.4) is 0 Å². The number of hydrogen-bond acceptors (Lipinski definition) is 8. The smallest absolute Gasteiger partial charge is 0.273 e. The fourth-order valence-corrected chi connectivity index (χ4v) is 6.81. The first-order chi connectivity index (χ1) is 20.7. The van der Waals surface area contributed by atoms with Crippen LogP contribution in [-0.2, 0) is 18.7 Å². The Labute approximate surface area is 254 Å². The molecular weight excluding hydrogens is 565 g/mol. The topological polar surface area (TPSA) is 76.4 Å². The molecule has 8 nitrogen and oxygen atoms in total. The molecule has 0 bridgehead atoms. The summed E-state index contributed by atoms with van der Waals surface area (Å²) in [6, 6.07) is 28.6. The Morgan fingerprint density at radius 3 is 2.31 bits per heavy atom. The first kappa shape index (κ1) is 28.1. The van der Waals surface area contributed by atoms with E-state index in [1.807, 2.05) is 58.8 Å².